The Kier molecular flexibility index (Phi) is 7.36. The number of carbonyl (C=O) groups excluding carboxylic acids is 1. The number of thioether (sulfide) groups is 2. The molecule has 3 heteroatoms. The van der Waals surface area contributed by atoms with E-state index >= 15 is 0 Å². The summed E-state index contributed by atoms with van der Waals surface area (Å²) >= 11 is 3.84. The molecule has 17 heavy (non-hydrogen) atoms. The summed E-state index contributed by atoms with van der Waals surface area (Å²) < 4.78 is 0. The minimum atomic E-state index is 0.255. The van der Waals surface area contributed by atoms with Crippen molar-refractivity contribution in [1.82, 2.24) is 0 Å². The van der Waals surface area contributed by atoms with Gasteiger partial charge in [-0.05, 0) is 19.3 Å². The zero-order valence-corrected chi connectivity index (χ0v) is 12.6. The molecule has 0 amide bonds. The first-order valence-electron chi connectivity index (χ1n) is 6.55. The van der Waals surface area contributed by atoms with Gasteiger partial charge in [-0.1, -0.05) is 26.3 Å². The fourth-order valence-corrected chi connectivity index (χ4v) is 4.80. The summed E-state index contributed by atoms with van der Waals surface area (Å²) in [5.74, 6) is 1.49. The molecule has 3 unspecified atom stereocenters. The van der Waals surface area contributed by atoms with Gasteiger partial charge in [0.2, 0.25) is 0 Å². The Morgan fingerprint density at radius 1 is 1.29 bits per heavy atom. The predicted molar refractivity (Wildman–Crippen MR) is 81.1 cm³/mol. The van der Waals surface area contributed by atoms with E-state index in [1.54, 1.807) is 0 Å². The molecule has 0 aliphatic carbocycles. The van der Waals surface area contributed by atoms with Crippen LogP contribution in [-0.2, 0) is 4.79 Å². The van der Waals surface area contributed by atoms with Crippen LogP contribution < -0.4 is 0 Å². The molecule has 1 rings (SSSR count). The number of carbonyl (C=O) groups is 1. The van der Waals surface area contributed by atoms with Gasteiger partial charge in [-0.3, -0.25) is 4.79 Å². The molecule has 0 N–H and O–H groups in total. The lowest BCUT2D eigenvalue weighted by Gasteiger charge is -2.30. The van der Waals surface area contributed by atoms with Gasteiger partial charge in [0.15, 0.2) is 0 Å². The molecule has 0 spiro atoms. The number of allylic oxidation sites excluding steroid dienone is 1. The zero-order chi connectivity index (χ0) is 12.7. The van der Waals surface area contributed by atoms with Crippen LogP contribution in [0.4, 0.5) is 0 Å². The lowest BCUT2D eigenvalue weighted by Crippen LogP contribution is -2.31. The van der Waals surface area contributed by atoms with E-state index in [1.807, 2.05) is 29.6 Å². The highest BCUT2D eigenvalue weighted by Gasteiger charge is 2.29. The normalized spacial score (nSPS) is 28.9. The lowest BCUT2D eigenvalue weighted by atomic mass is 10.1. The molecule has 1 heterocycles. The molecule has 1 saturated heterocycles. The van der Waals surface area contributed by atoms with E-state index in [0.717, 1.165) is 31.4 Å². The molecular weight excluding hydrogens is 248 g/mol. The van der Waals surface area contributed by atoms with E-state index < -0.39 is 0 Å². The first-order chi connectivity index (χ1) is 8.15. The molecule has 1 fully saturated rings. The van der Waals surface area contributed by atoms with Crippen molar-refractivity contribution in [3.63, 3.8) is 0 Å². The average molecular weight is 272 g/mol. The van der Waals surface area contributed by atoms with Crippen LogP contribution in [0.3, 0.4) is 0 Å². The molecule has 0 aromatic heterocycles. The fraction of sp³-hybridized carbons (Fsp3) is 0.786. The second-order valence-electron chi connectivity index (χ2n) is 4.72. The highest BCUT2D eigenvalue weighted by Crippen LogP contribution is 2.36. The fourth-order valence-electron chi connectivity index (χ4n) is 1.88. The Morgan fingerprint density at radius 2 is 2.06 bits per heavy atom. The molecular formula is C14H24OS2. The highest BCUT2D eigenvalue weighted by molar-refractivity contribution is 8.08. The van der Waals surface area contributed by atoms with E-state index in [0.29, 0.717) is 16.3 Å². The van der Waals surface area contributed by atoms with E-state index in [4.69, 9.17) is 0 Å². The van der Waals surface area contributed by atoms with Gasteiger partial charge in [0, 0.05) is 22.7 Å². The van der Waals surface area contributed by atoms with Gasteiger partial charge in [0.1, 0.15) is 5.78 Å². The van der Waals surface area contributed by atoms with Crippen molar-refractivity contribution < 1.29 is 4.79 Å². The molecule has 3 atom stereocenters. The quantitative estimate of drug-likeness (QED) is 0.507. The third kappa shape index (κ3) is 5.52. The van der Waals surface area contributed by atoms with Crippen LogP contribution in [0, 0.1) is 0 Å². The van der Waals surface area contributed by atoms with Gasteiger partial charge in [-0.2, -0.15) is 11.8 Å². The van der Waals surface area contributed by atoms with Crippen LogP contribution in [0.15, 0.2) is 12.7 Å². The van der Waals surface area contributed by atoms with Gasteiger partial charge in [-0.25, -0.2) is 0 Å². The molecule has 0 radical (unpaired) electrons. The van der Waals surface area contributed by atoms with Crippen molar-refractivity contribution >= 4 is 29.3 Å². The molecule has 1 aliphatic rings. The minimum absolute atomic E-state index is 0.255. The van der Waals surface area contributed by atoms with Crippen molar-refractivity contribution in [3.05, 3.63) is 12.7 Å². The lowest BCUT2D eigenvalue weighted by molar-refractivity contribution is -0.118. The number of unbranched alkanes of at least 4 members (excludes halogenated alkanes) is 3. The maximum atomic E-state index is 12.0. The average Bonchev–Trinajstić information content (AvgIpc) is 2.32. The zero-order valence-electron chi connectivity index (χ0n) is 11.0. The Balaban J connectivity index is 2.17. The summed E-state index contributed by atoms with van der Waals surface area (Å²) in [7, 11) is 0. The summed E-state index contributed by atoms with van der Waals surface area (Å²) in [5.41, 5.74) is 0. The van der Waals surface area contributed by atoms with Gasteiger partial charge in [0.05, 0.1) is 5.25 Å². The minimum Gasteiger partial charge on any atom is -0.298 e. The Hall–Kier alpha value is 0.110. The van der Waals surface area contributed by atoms with Crippen LogP contribution >= 0.6 is 23.5 Å². The van der Waals surface area contributed by atoms with Crippen molar-refractivity contribution in [2.75, 3.05) is 5.75 Å². The number of Topliss-reactive ketones (excluding diaryl/α,β-unsaturated/α-hetero) is 1. The maximum Gasteiger partial charge on any atom is 0.146 e. The largest absolute Gasteiger partial charge is 0.298 e. The molecule has 98 valence electrons. The molecule has 0 aromatic rings. The Labute approximate surface area is 114 Å². The van der Waals surface area contributed by atoms with Gasteiger partial charge >= 0.3 is 0 Å². The smallest absolute Gasteiger partial charge is 0.146 e. The first-order valence-corrected chi connectivity index (χ1v) is 8.55. The summed E-state index contributed by atoms with van der Waals surface area (Å²) in [5, 5.41) is 1.56. The van der Waals surface area contributed by atoms with E-state index in [-0.39, 0.29) is 5.25 Å². The molecule has 1 nitrogen and oxygen atoms in total. The standard InChI is InChI=1S/C14H24OS2/c1-4-5-6-7-8-9-13(15)14-10-16-11(2)12(3)17-14/h4,11-12,14H,1,5-10H2,2-3H3. The van der Waals surface area contributed by atoms with Gasteiger partial charge in [0.25, 0.3) is 0 Å². The molecule has 0 bridgehead atoms. The van der Waals surface area contributed by atoms with Crippen LogP contribution in [0.1, 0.15) is 46.0 Å². The van der Waals surface area contributed by atoms with Crippen LogP contribution in [0.25, 0.3) is 0 Å². The molecule has 0 saturated carbocycles. The molecule has 0 aromatic carbocycles. The van der Waals surface area contributed by atoms with Crippen LogP contribution in [0.2, 0.25) is 0 Å². The SMILES string of the molecule is C=CCCCCCC(=O)C1CSC(C)C(C)S1. The number of hydrogen-bond acceptors (Lipinski definition) is 3. The summed E-state index contributed by atoms with van der Waals surface area (Å²) in [4.78, 5) is 12.0. The summed E-state index contributed by atoms with van der Waals surface area (Å²) in [6.07, 6.45) is 7.20. The summed E-state index contributed by atoms with van der Waals surface area (Å²) in [6.45, 7) is 8.21. The van der Waals surface area contributed by atoms with Crippen molar-refractivity contribution in [2.45, 2.75) is 61.7 Å². The van der Waals surface area contributed by atoms with Crippen molar-refractivity contribution in [2.24, 2.45) is 0 Å². The van der Waals surface area contributed by atoms with E-state index in [1.165, 1.54) is 6.42 Å². The first kappa shape index (κ1) is 15.2. The number of rotatable bonds is 7. The van der Waals surface area contributed by atoms with Crippen molar-refractivity contribution in [1.29, 1.82) is 0 Å². The number of ketones is 1. The van der Waals surface area contributed by atoms with Gasteiger partial charge in [-0.15, -0.1) is 18.3 Å². The van der Waals surface area contributed by atoms with Crippen LogP contribution in [0.5, 0.6) is 0 Å². The van der Waals surface area contributed by atoms with Gasteiger partial charge < -0.3 is 0 Å². The number of hydrogen-bond donors (Lipinski definition) is 0. The Bertz CT molecular complexity index is 253. The second-order valence-corrected chi connectivity index (χ2v) is 7.72. The maximum absolute atomic E-state index is 12.0. The van der Waals surface area contributed by atoms with Crippen molar-refractivity contribution in [3.8, 4) is 0 Å². The third-order valence-electron chi connectivity index (χ3n) is 3.24. The predicted octanol–water partition coefficient (Wildman–Crippen LogP) is 4.32. The molecule has 1 aliphatic heterocycles. The van der Waals surface area contributed by atoms with E-state index in [9.17, 15) is 4.79 Å². The van der Waals surface area contributed by atoms with E-state index in [2.05, 4.69) is 20.4 Å². The topological polar surface area (TPSA) is 17.1 Å². The third-order valence-corrected chi connectivity index (χ3v) is 6.68. The monoisotopic (exact) mass is 272 g/mol. The Morgan fingerprint density at radius 3 is 2.71 bits per heavy atom. The summed E-state index contributed by atoms with van der Waals surface area (Å²) in [6, 6.07) is 0. The highest BCUT2D eigenvalue weighted by atomic mass is 32.2. The van der Waals surface area contributed by atoms with Crippen LogP contribution in [-0.4, -0.2) is 27.3 Å². The second kappa shape index (κ2) is 8.25.